The maximum absolute atomic E-state index is 11.4. The van der Waals surface area contributed by atoms with Crippen LogP contribution in [0.25, 0.3) is 0 Å². The molecule has 1 atom stereocenters. The lowest BCUT2D eigenvalue weighted by molar-refractivity contribution is -0.122. The van der Waals surface area contributed by atoms with Gasteiger partial charge in [0.25, 0.3) is 0 Å². The standard InChI is InChI=1S/C14H20ClNO3/c1-9(2)16-14(18)6-7-19-13-5-4-11(10(3)17)8-12(13)15/h4-5,8-10,17H,6-7H2,1-3H3,(H,16,18). The molecule has 0 fully saturated rings. The molecule has 4 nitrogen and oxygen atoms in total. The van der Waals surface area contributed by atoms with Crippen molar-refractivity contribution in [1.29, 1.82) is 0 Å². The molecule has 1 rings (SSSR count). The SMILES string of the molecule is CC(C)NC(=O)CCOc1ccc(C(C)O)cc1Cl. The van der Waals surface area contributed by atoms with Gasteiger partial charge in [-0.25, -0.2) is 0 Å². The molecule has 5 heteroatoms. The average molecular weight is 286 g/mol. The van der Waals surface area contributed by atoms with Crippen molar-refractivity contribution < 1.29 is 14.6 Å². The van der Waals surface area contributed by atoms with E-state index in [1.807, 2.05) is 13.8 Å². The summed E-state index contributed by atoms with van der Waals surface area (Å²) in [6, 6.07) is 5.24. The van der Waals surface area contributed by atoms with Crippen molar-refractivity contribution in [2.45, 2.75) is 39.3 Å². The molecule has 0 aliphatic rings. The minimum absolute atomic E-state index is 0.0493. The van der Waals surface area contributed by atoms with E-state index in [1.54, 1.807) is 25.1 Å². The zero-order chi connectivity index (χ0) is 14.4. The molecule has 0 spiro atoms. The lowest BCUT2D eigenvalue weighted by Crippen LogP contribution is -2.31. The van der Waals surface area contributed by atoms with E-state index in [1.165, 1.54) is 0 Å². The normalized spacial score (nSPS) is 12.3. The number of carbonyl (C=O) groups excluding carboxylic acids is 1. The van der Waals surface area contributed by atoms with Crippen LogP contribution in [-0.4, -0.2) is 23.7 Å². The number of halogens is 1. The van der Waals surface area contributed by atoms with Crippen LogP contribution in [0.4, 0.5) is 0 Å². The highest BCUT2D eigenvalue weighted by atomic mass is 35.5. The molecule has 2 N–H and O–H groups in total. The second-order valence-electron chi connectivity index (χ2n) is 4.69. The molecule has 0 aromatic heterocycles. The number of hydrogen-bond acceptors (Lipinski definition) is 3. The number of hydrogen-bond donors (Lipinski definition) is 2. The third-order valence-electron chi connectivity index (χ3n) is 2.47. The molecule has 19 heavy (non-hydrogen) atoms. The van der Waals surface area contributed by atoms with E-state index in [0.29, 0.717) is 10.8 Å². The molecule has 0 radical (unpaired) electrons. The lowest BCUT2D eigenvalue weighted by atomic mass is 10.1. The molecule has 1 amide bonds. The minimum atomic E-state index is -0.566. The Morgan fingerprint density at radius 1 is 1.42 bits per heavy atom. The summed E-state index contributed by atoms with van der Waals surface area (Å²) in [7, 11) is 0. The molecule has 0 saturated heterocycles. The summed E-state index contributed by atoms with van der Waals surface area (Å²) in [6.45, 7) is 5.75. The van der Waals surface area contributed by atoms with Crippen LogP contribution in [0, 0.1) is 0 Å². The van der Waals surface area contributed by atoms with E-state index >= 15 is 0 Å². The second-order valence-corrected chi connectivity index (χ2v) is 5.09. The first kappa shape index (κ1) is 15.8. The minimum Gasteiger partial charge on any atom is -0.491 e. The van der Waals surface area contributed by atoms with E-state index in [2.05, 4.69) is 5.32 Å². The summed E-state index contributed by atoms with van der Waals surface area (Å²) in [5.74, 6) is 0.468. The first-order chi connectivity index (χ1) is 8.90. The van der Waals surface area contributed by atoms with Crippen LogP contribution in [-0.2, 0) is 4.79 Å². The number of amides is 1. The molecular formula is C14H20ClNO3. The van der Waals surface area contributed by atoms with Crippen LogP contribution in [0.1, 0.15) is 38.9 Å². The van der Waals surface area contributed by atoms with Crippen molar-refractivity contribution in [2.24, 2.45) is 0 Å². The molecule has 1 unspecified atom stereocenters. The van der Waals surface area contributed by atoms with E-state index in [9.17, 15) is 9.90 Å². The molecule has 0 aliphatic heterocycles. The fourth-order valence-corrected chi connectivity index (χ4v) is 1.79. The van der Waals surface area contributed by atoms with Gasteiger partial charge in [0.1, 0.15) is 5.75 Å². The summed E-state index contributed by atoms with van der Waals surface area (Å²) in [4.78, 5) is 11.4. The Morgan fingerprint density at radius 3 is 2.63 bits per heavy atom. The summed E-state index contributed by atoms with van der Waals surface area (Å²) in [5.41, 5.74) is 0.731. The Balaban J connectivity index is 2.48. The van der Waals surface area contributed by atoms with Gasteiger partial charge in [0.05, 0.1) is 24.2 Å². The monoisotopic (exact) mass is 285 g/mol. The van der Waals surface area contributed by atoms with Crippen LogP contribution in [0.2, 0.25) is 5.02 Å². The molecule has 0 aliphatic carbocycles. The molecular weight excluding hydrogens is 266 g/mol. The van der Waals surface area contributed by atoms with Crippen LogP contribution < -0.4 is 10.1 Å². The van der Waals surface area contributed by atoms with Gasteiger partial charge < -0.3 is 15.2 Å². The first-order valence-corrected chi connectivity index (χ1v) is 6.67. The summed E-state index contributed by atoms with van der Waals surface area (Å²) in [6.07, 6.45) is -0.282. The van der Waals surface area contributed by atoms with Gasteiger partial charge in [0.15, 0.2) is 0 Å². The molecule has 0 saturated carbocycles. The van der Waals surface area contributed by atoms with Crippen LogP contribution in [0.3, 0.4) is 0 Å². The zero-order valence-electron chi connectivity index (χ0n) is 11.4. The van der Waals surface area contributed by atoms with Crippen molar-refractivity contribution in [2.75, 3.05) is 6.61 Å². The number of aliphatic hydroxyl groups excluding tert-OH is 1. The van der Waals surface area contributed by atoms with Crippen LogP contribution in [0.15, 0.2) is 18.2 Å². The van der Waals surface area contributed by atoms with Crippen LogP contribution >= 0.6 is 11.6 Å². The third-order valence-corrected chi connectivity index (χ3v) is 2.77. The maximum Gasteiger partial charge on any atom is 0.223 e. The van der Waals surface area contributed by atoms with Gasteiger partial charge in [-0.3, -0.25) is 4.79 Å². The lowest BCUT2D eigenvalue weighted by Gasteiger charge is -2.11. The van der Waals surface area contributed by atoms with E-state index in [0.717, 1.165) is 5.56 Å². The number of nitrogens with one attached hydrogen (secondary N) is 1. The van der Waals surface area contributed by atoms with Crippen molar-refractivity contribution in [3.63, 3.8) is 0 Å². The third kappa shape index (κ3) is 5.49. The molecule has 0 bridgehead atoms. The number of carbonyl (C=O) groups is 1. The average Bonchev–Trinajstić information content (AvgIpc) is 2.29. The van der Waals surface area contributed by atoms with Gasteiger partial charge >= 0.3 is 0 Å². The van der Waals surface area contributed by atoms with Gasteiger partial charge in [-0.2, -0.15) is 0 Å². The van der Waals surface area contributed by atoms with Gasteiger partial charge in [-0.15, -0.1) is 0 Å². The smallest absolute Gasteiger partial charge is 0.223 e. The largest absolute Gasteiger partial charge is 0.491 e. The summed E-state index contributed by atoms with van der Waals surface area (Å²) >= 11 is 6.04. The zero-order valence-corrected chi connectivity index (χ0v) is 12.2. The van der Waals surface area contributed by atoms with Crippen molar-refractivity contribution in [3.8, 4) is 5.75 Å². The Morgan fingerprint density at radius 2 is 2.11 bits per heavy atom. The maximum atomic E-state index is 11.4. The fraction of sp³-hybridized carbons (Fsp3) is 0.500. The number of aliphatic hydroxyl groups is 1. The fourth-order valence-electron chi connectivity index (χ4n) is 1.54. The van der Waals surface area contributed by atoms with Gasteiger partial charge in [-0.05, 0) is 38.5 Å². The predicted octanol–water partition coefficient (Wildman–Crippen LogP) is 2.69. The Kier molecular flexibility index (Phi) is 6.12. The quantitative estimate of drug-likeness (QED) is 0.845. The second kappa shape index (κ2) is 7.36. The molecule has 1 aromatic carbocycles. The molecule has 1 aromatic rings. The Labute approximate surface area is 118 Å². The number of benzene rings is 1. The summed E-state index contributed by atoms with van der Waals surface area (Å²) < 4.78 is 5.45. The van der Waals surface area contributed by atoms with Gasteiger partial charge in [-0.1, -0.05) is 17.7 Å². The van der Waals surface area contributed by atoms with Crippen LogP contribution in [0.5, 0.6) is 5.75 Å². The van der Waals surface area contributed by atoms with E-state index in [-0.39, 0.29) is 25.0 Å². The van der Waals surface area contributed by atoms with E-state index < -0.39 is 6.10 Å². The van der Waals surface area contributed by atoms with Gasteiger partial charge in [0.2, 0.25) is 5.91 Å². The van der Waals surface area contributed by atoms with Crippen molar-refractivity contribution in [3.05, 3.63) is 28.8 Å². The van der Waals surface area contributed by atoms with E-state index in [4.69, 9.17) is 16.3 Å². The molecule has 0 heterocycles. The Hall–Kier alpha value is -1.26. The van der Waals surface area contributed by atoms with Gasteiger partial charge in [0, 0.05) is 6.04 Å². The molecule has 106 valence electrons. The topological polar surface area (TPSA) is 58.6 Å². The first-order valence-electron chi connectivity index (χ1n) is 6.30. The predicted molar refractivity (Wildman–Crippen MR) is 75.5 cm³/mol. The highest BCUT2D eigenvalue weighted by molar-refractivity contribution is 6.32. The van der Waals surface area contributed by atoms with Crippen molar-refractivity contribution in [1.82, 2.24) is 5.32 Å². The van der Waals surface area contributed by atoms with Crippen molar-refractivity contribution >= 4 is 17.5 Å². The Bertz CT molecular complexity index is 433. The highest BCUT2D eigenvalue weighted by Gasteiger charge is 2.08. The number of ether oxygens (including phenoxy) is 1. The highest BCUT2D eigenvalue weighted by Crippen LogP contribution is 2.27. The number of rotatable bonds is 6. The summed E-state index contributed by atoms with van der Waals surface area (Å²) in [5, 5.41) is 12.6.